The predicted octanol–water partition coefficient (Wildman–Crippen LogP) is 2.43. The molecule has 0 amide bonds. The van der Waals surface area contributed by atoms with Crippen molar-refractivity contribution in [1.82, 2.24) is 19.6 Å². The summed E-state index contributed by atoms with van der Waals surface area (Å²) in [6.07, 6.45) is 10.3. The van der Waals surface area contributed by atoms with Crippen molar-refractivity contribution in [2.24, 2.45) is 0 Å². The highest BCUT2D eigenvalue weighted by atomic mass is 32.2. The molecule has 2 aromatic heterocycles. The third kappa shape index (κ3) is 1.35. The topological polar surface area (TPSA) is 43.1 Å². The number of hydrogen-bond donors (Lipinski definition) is 0. The third-order valence-electron chi connectivity index (χ3n) is 3.14. The number of rotatable bonds is 0. The van der Waals surface area contributed by atoms with Gasteiger partial charge in [-0.15, -0.1) is 11.8 Å². The first-order valence-corrected chi connectivity index (χ1v) is 6.62. The van der Waals surface area contributed by atoms with Gasteiger partial charge in [-0.1, -0.05) is 12.2 Å². The Hall–Kier alpha value is -1.62. The van der Waals surface area contributed by atoms with Crippen LogP contribution >= 0.6 is 11.8 Å². The lowest BCUT2D eigenvalue weighted by atomic mass is 9.99. The minimum atomic E-state index is 0.692. The average molecular weight is 242 g/mol. The molecule has 0 saturated carbocycles. The van der Waals surface area contributed by atoms with Crippen LogP contribution in [0.1, 0.15) is 24.1 Å². The van der Waals surface area contributed by atoms with Crippen LogP contribution in [0.3, 0.4) is 0 Å². The van der Waals surface area contributed by atoms with E-state index in [0.717, 1.165) is 24.3 Å². The van der Waals surface area contributed by atoms with Crippen molar-refractivity contribution >= 4 is 23.1 Å². The van der Waals surface area contributed by atoms with Gasteiger partial charge in [-0.2, -0.15) is 10.1 Å². The zero-order valence-corrected chi connectivity index (χ0v) is 9.94. The van der Waals surface area contributed by atoms with Crippen LogP contribution in [0.4, 0.5) is 0 Å². The fraction of sp³-hybridized carbons (Fsp3) is 0.250. The summed E-state index contributed by atoms with van der Waals surface area (Å²) in [5, 5.41) is 4.13. The van der Waals surface area contributed by atoms with Gasteiger partial charge in [-0.3, -0.25) is 0 Å². The second kappa shape index (κ2) is 3.43. The Balaban J connectivity index is 2.01. The van der Waals surface area contributed by atoms with Gasteiger partial charge in [0.05, 0.1) is 5.69 Å². The van der Waals surface area contributed by atoms with Crippen LogP contribution in [-0.2, 0) is 5.75 Å². The highest BCUT2D eigenvalue weighted by Gasteiger charge is 2.22. The first-order chi connectivity index (χ1) is 8.42. The highest BCUT2D eigenvalue weighted by molar-refractivity contribution is 8.02. The number of hydrogen-bond acceptors (Lipinski definition) is 4. The molecule has 0 fully saturated rings. The molecule has 1 aliphatic heterocycles. The predicted molar refractivity (Wildman–Crippen MR) is 67.4 cm³/mol. The zero-order valence-electron chi connectivity index (χ0n) is 9.13. The van der Waals surface area contributed by atoms with Crippen molar-refractivity contribution in [1.29, 1.82) is 0 Å². The molecule has 84 valence electrons. The van der Waals surface area contributed by atoms with E-state index in [1.165, 1.54) is 16.0 Å². The van der Waals surface area contributed by atoms with E-state index in [1.54, 1.807) is 10.8 Å². The Morgan fingerprint density at radius 3 is 3.35 bits per heavy atom. The molecule has 0 aromatic carbocycles. The number of fused-ring (bicyclic) bond motifs is 3. The van der Waals surface area contributed by atoms with Crippen molar-refractivity contribution in [2.45, 2.75) is 18.6 Å². The molecular formula is C12H10N4S. The molecule has 0 spiro atoms. The van der Waals surface area contributed by atoms with E-state index in [0.29, 0.717) is 5.78 Å². The van der Waals surface area contributed by atoms with Gasteiger partial charge in [0.15, 0.2) is 0 Å². The van der Waals surface area contributed by atoms with Crippen molar-refractivity contribution < 1.29 is 0 Å². The molecule has 1 aliphatic carbocycles. The Morgan fingerprint density at radius 1 is 1.35 bits per heavy atom. The number of nitrogens with zero attached hydrogens (tertiary/aromatic N) is 4. The highest BCUT2D eigenvalue weighted by Crippen LogP contribution is 2.41. The zero-order chi connectivity index (χ0) is 11.2. The van der Waals surface area contributed by atoms with Crippen molar-refractivity contribution in [3.63, 3.8) is 0 Å². The van der Waals surface area contributed by atoms with E-state index < -0.39 is 0 Å². The summed E-state index contributed by atoms with van der Waals surface area (Å²) in [6, 6.07) is 0. The summed E-state index contributed by atoms with van der Waals surface area (Å²) < 4.78 is 1.75. The molecule has 17 heavy (non-hydrogen) atoms. The molecule has 2 aromatic rings. The van der Waals surface area contributed by atoms with Crippen LogP contribution in [0.2, 0.25) is 0 Å². The van der Waals surface area contributed by atoms with Gasteiger partial charge in [-0.25, -0.2) is 9.50 Å². The molecular weight excluding hydrogens is 232 g/mol. The fourth-order valence-electron chi connectivity index (χ4n) is 2.33. The first-order valence-electron chi connectivity index (χ1n) is 5.64. The van der Waals surface area contributed by atoms with E-state index in [1.807, 2.05) is 11.8 Å². The molecule has 3 heterocycles. The average Bonchev–Trinajstić information content (AvgIpc) is 2.83. The maximum atomic E-state index is 4.64. The van der Waals surface area contributed by atoms with Crippen LogP contribution in [0.25, 0.3) is 11.4 Å². The van der Waals surface area contributed by atoms with E-state index >= 15 is 0 Å². The smallest absolute Gasteiger partial charge is 0.211 e. The normalized spacial score (nSPS) is 18.4. The first kappa shape index (κ1) is 9.41. The summed E-state index contributed by atoms with van der Waals surface area (Å²) in [7, 11) is 0. The summed E-state index contributed by atoms with van der Waals surface area (Å²) >= 11 is 1.89. The maximum absolute atomic E-state index is 4.64. The Morgan fingerprint density at radius 2 is 2.35 bits per heavy atom. The Kier molecular flexibility index (Phi) is 1.90. The number of allylic oxidation sites excluding steroid dienone is 3. The summed E-state index contributed by atoms with van der Waals surface area (Å²) in [4.78, 5) is 10.2. The molecule has 0 radical (unpaired) electrons. The molecule has 0 atom stereocenters. The van der Waals surface area contributed by atoms with Gasteiger partial charge in [0, 0.05) is 22.4 Å². The van der Waals surface area contributed by atoms with Crippen molar-refractivity contribution in [2.75, 3.05) is 0 Å². The minimum absolute atomic E-state index is 0.692. The quantitative estimate of drug-likeness (QED) is 0.711. The lowest BCUT2D eigenvalue weighted by Gasteiger charge is -2.22. The molecule has 0 N–H and O–H groups in total. The van der Waals surface area contributed by atoms with E-state index in [2.05, 4.69) is 33.4 Å². The van der Waals surface area contributed by atoms with Crippen LogP contribution in [-0.4, -0.2) is 19.6 Å². The Labute approximate surface area is 102 Å². The standard InChI is InChI=1S/C12H10N4S/c1-2-4-10-9(3-1)11-8(6-17-10)5-16-12(15-11)13-7-14-16/h2,4-5,7H,1,3,6H2. The molecule has 0 bridgehead atoms. The van der Waals surface area contributed by atoms with Gasteiger partial charge in [0.2, 0.25) is 0 Å². The molecule has 4 nitrogen and oxygen atoms in total. The van der Waals surface area contributed by atoms with Crippen molar-refractivity contribution in [3.05, 3.63) is 40.8 Å². The maximum Gasteiger partial charge on any atom is 0.252 e. The minimum Gasteiger partial charge on any atom is -0.211 e. The number of thioether (sulfide) groups is 1. The second-order valence-corrected chi connectivity index (χ2v) is 5.21. The lowest BCUT2D eigenvalue weighted by Crippen LogP contribution is -2.08. The van der Waals surface area contributed by atoms with E-state index in [4.69, 9.17) is 0 Å². The molecule has 0 unspecified atom stereocenters. The van der Waals surface area contributed by atoms with E-state index in [-0.39, 0.29) is 0 Å². The molecule has 0 saturated heterocycles. The van der Waals surface area contributed by atoms with Gasteiger partial charge in [-0.05, 0) is 18.4 Å². The van der Waals surface area contributed by atoms with Gasteiger partial charge in [0.1, 0.15) is 6.33 Å². The van der Waals surface area contributed by atoms with Gasteiger partial charge >= 0.3 is 0 Å². The molecule has 4 rings (SSSR count). The molecule has 2 aliphatic rings. The van der Waals surface area contributed by atoms with Crippen LogP contribution in [0.15, 0.2) is 29.6 Å². The fourth-order valence-corrected chi connectivity index (χ4v) is 3.42. The second-order valence-electron chi connectivity index (χ2n) is 4.19. The van der Waals surface area contributed by atoms with E-state index in [9.17, 15) is 0 Å². The van der Waals surface area contributed by atoms with Crippen LogP contribution < -0.4 is 0 Å². The van der Waals surface area contributed by atoms with Crippen LogP contribution in [0.5, 0.6) is 0 Å². The summed E-state index contributed by atoms with van der Waals surface area (Å²) in [5.41, 5.74) is 3.77. The third-order valence-corrected chi connectivity index (χ3v) is 4.29. The summed E-state index contributed by atoms with van der Waals surface area (Å²) in [6.45, 7) is 0. The summed E-state index contributed by atoms with van der Waals surface area (Å²) in [5.74, 6) is 1.67. The largest absolute Gasteiger partial charge is 0.252 e. The van der Waals surface area contributed by atoms with Crippen LogP contribution in [0, 0.1) is 0 Å². The van der Waals surface area contributed by atoms with Gasteiger partial charge in [0.25, 0.3) is 5.78 Å². The monoisotopic (exact) mass is 242 g/mol. The SMILES string of the molecule is C1=CC2=C(CC1)c1nc3ncnn3cc1CS2. The van der Waals surface area contributed by atoms with Gasteiger partial charge < -0.3 is 0 Å². The number of aromatic nitrogens is 4. The molecule has 5 heteroatoms. The lowest BCUT2D eigenvalue weighted by molar-refractivity contribution is 0.911. The Bertz CT molecular complexity index is 668. The van der Waals surface area contributed by atoms with Crippen molar-refractivity contribution in [3.8, 4) is 0 Å².